The molecule has 0 aliphatic heterocycles. The van der Waals surface area contributed by atoms with Gasteiger partial charge in [0.25, 0.3) is 5.91 Å². The average molecular weight is 266 g/mol. The van der Waals surface area contributed by atoms with Gasteiger partial charge >= 0.3 is 5.97 Å². The van der Waals surface area contributed by atoms with Crippen LogP contribution in [0.4, 0.5) is 0 Å². The second-order valence-electron chi connectivity index (χ2n) is 4.57. The fourth-order valence-corrected chi connectivity index (χ4v) is 1.72. The van der Waals surface area contributed by atoms with Crippen LogP contribution in [-0.4, -0.2) is 28.0 Å². The quantitative estimate of drug-likeness (QED) is 0.737. The summed E-state index contributed by atoms with van der Waals surface area (Å²) < 4.78 is 0. The molecule has 0 saturated heterocycles. The van der Waals surface area contributed by atoms with Gasteiger partial charge in [-0.3, -0.25) is 9.59 Å². The Labute approximate surface area is 110 Å². The highest BCUT2D eigenvalue weighted by atomic mass is 16.4. The number of carboxylic acid groups (broad SMARTS) is 1. The van der Waals surface area contributed by atoms with Crippen molar-refractivity contribution < 1.29 is 14.7 Å². The Morgan fingerprint density at radius 2 is 2.11 bits per heavy atom. The molecule has 0 spiro atoms. The summed E-state index contributed by atoms with van der Waals surface area (Å²) in [5.41, 5.74) is 0.481. The average Bonchev–Trinajstić information content (AvgIpc) is 2.34. The van der Waals surface area contributed by atoms with Crippen molar-refractivity contribution in [3.8, 4) is 0 Å². The number of nitrogens with one attached hydrogen (secondary N) is 2. The van der Waals surface area contributed by atoms with E-state index in [1.807, 2.05) is 6.92 Å². The molecule has 1 aromatic rings. The number of hydrogen-bond acceptors (Lipinski definition) is 3. The number of H-pyrrole nitrogens is 1. The summed E-state index contributed by atoms with van der Waals surface area (Å²) in [6, 6.07) is 0.359. The van der Waals surface area contributed by atoms with Crippen LogP contribution in [-0.2, 0) is 4.79 Å². The van der Waals surface area contributed by atoms with E-state index in [0.29, 0.717) is 12.0 Å². The maximum atomic E-state index is 12.0. The number of aromatic nitrogens is 1. The Morgan fingerprint density at radius 1 is 1.47 bits per heavy atom. The van der Waals surface area contributed by atoms with Crippen LogP contribution in [0.2, 0.25) is 0 Å². The molecule has 0 bridgehead atoms. The standard InChI is InChI=1S/C13H18N2O4/c1-4-7(2)11(13(18)19)15-12(17)9-6-14-10(16)5-8(9)3/h5-7,11H,4H2,1-3H3,(H,14,16)(H,15,17)(H,18,19)/t7-,11-/m0/s1. The highest BCUT2D eigenvalue weighted by Gasteiger charge is 2.26. The largest absolute Gasteiger partial charge is 0.480 e. The molecule has 1 heterocycles. The Hall–Kier alpha value is -2.11. The van der Waals surface area contributed by atoms with Crippen molar-refractivity contribution in [1.29, 1.82) is 0 Å². The lowest BCUT2D eigenvalue weighted by Gasteiger charge is -2.20. The van der Waals surface area contributed by atoms with E-state index in [9.17, 15) is 14.4 Å². The summed E-state index contributed by atoms with van der Waals surface area (Å²) in [5.74, 6) is -1.74. The molecular weight excluding hydrogens is 248 g/mol. The lowest BCUT2D eigenvalue weighted by molar-refractivity contribution is -0.140. The summed E-state index contributed by atoms with van der Waals surface area (Å²) >= 11 is 0. The third-order valence-electron chi connectivity index (χ3n) is 3.14. The third kappa shape index (κ3) is 3.67. The number of rotatable bonds is 5. The van der Waals surface area contributed by atoms with Crippen LogP contribution in [0.3, 0.4) is 0 Å². The number of amides is 1. The van der Waals surface area contributed by atoms with E-state index in [-0.39, 0.29) is 17.0 Å². The number of pyridine rings is 1. The third-order valence-corrected chi connectivity index (χ3v) is 3.14. The molecule has 104 valence electrons. The maximum Gasteiger partial charge on any atom is 0.326 e. The van der Waals surface area contributed by atoms with E-state index in [2.05, 4.69) is 10.3 Å². The first-order chi connectivity index (χ1) is 8.86. The van der Waals surface area contributed by atoms with Crippen LogP contribution >= 0.6 is 0 Å². The molecule has 0 fully saturated rings. The molecule has 1 amide bonds. The van der Waals surface area contributed by atoms with Gasteiger partial charge in [-0.1, -0.05) is 20.3 Å². The van der Waals surface area contributed by atoms with Gasteiger partial charge in [-0.25, -0.2) is 4.79 Å². The Morgan fingerprint density at radius 3 is 2.58 bits per heavy atom. The van der Waals surface area contributed by atoms with Gasteiger partial charge in [0.2, 0.25) is 5.56 Å². The van der Waals surface area contributed by atoms with Crippen LogP contribution in [0.1, 0.15) is 36.2 Å². The minimum Gasteiger partial charge on any atom is -0.480 e. The fourth-order valence-electron chi connectivity index (χ4n) is 1.72. The zero-order valence-corrected chi connectivity index (χ0v) is 11.2. The monoisotopic (exact) mass is 266 g/mol. The van der Waals surface area contributed by atoms with Gasteiger partial charge in [-0.05, 0) is 18.4 Å². The normalized spacial score (nSPS) is 13.6. The van der Waals surface area contributed by atoms with Crippen LogP contribution < -0.4 is 10.9 Å². The van der Waals surface area contributed by atoms with Gasteiger partial charge in [0.15, 0.2) is 0 Å². The Kier molecular flexibility index (Phi) is 4.86. The molecule has 0 radical (unpaired) electrons. The summed E-state index contributed by atoms with van der Waals surface area (Å²) in [6.45, 7) is 5.25. The second-order valence-corrected chi connectivity index (χ2v) is 4.57. The fraction of sp³-hybridized carbons (Fsp3) is 0.462. The van der Waals surface area contributed by atoms with Crippen molar-refractivity contribution in [3.05, 3.63) is 33.7 Å². The first-order valence-electron chi connectivity index (χ1n) is 6.09. The smallest absolute Gasteiger partial charge is 0.326 e. The zero-order valence-electron chi connectivity index (χ0n) is 11.2. The SMILES string of the molecule is CC[C@H](C)[C@H](NC(=O)c1c[nH]c(=O)cc1C)C(=O)O. The summed E-state index contributed by atoms with van der Waals surface area (Å²) in [6.07, 6.45) is 1.93. The summed E-state index contributed by atoms with van der Waals surface area (Å²) in [5, 5.41) is 11.6. The number of carboxylic acids is 1. The minimum absolute atomic E-state index is 0.176. The molecule has 0 unspecified atom stereocenters. The van der Waals surface area contributed by atoms with E-state index >= 15 is 0 Å². The number of aryl methyl sites for hydroxylation is 1. The van der Waals surface area contributed by atoms with Gasteiger partial charge in [-0.2, -0.15) is 0 Å². The number of carbonyl (C=O) groups is 2. The number of carbonyl (C=O) groups excluding carboxylic acids is 1. The van der Waals surface area contributed by atoms with Crippen LogP contribution in [0.5, 0.6) is 0 Å². The van der Waals surface area contributed by atoms with Crippen molar-refractivity contribution in [3.63, 3.8) is 0 Å². The van der Waals surface area contributed by atoms with E-state index in [1.54, 1.807) is 13.8 Å². The number of aromatic amines is 1. The molecule has 0 saturated carbocycles. The Balaban J connectivity index is 2.94. The molecule has 1 rings (SSSR count). The summed E-state index contributed by atoms with van der Waals surface area (Å²) in [4.78, 5) is 36.6. The van der Waals surface area contributed by atoms with Gasteiger partial charge < -0.3 is 15.4 Å². The first kappa shape index (κ1) is 14.9. The van der Waals surface area contributed by atoms with Gasteiger partial charge in [0, 0.05) is 12.3 Å². The Bertz CT molecular complexity index is 536. The van der Waals surface area contributed by atoms with Crippen LogP contribution in [0, 0.1) is 12.8 Å². The van der Waals surface area contributed by atoms with Crippen molar-refractivity contribution in [2.45, 2.75) is 33.2 Å². The second kappa shape index (κ2) is 6.17. The number of aliphatic carboxylic acids is 1. The predicted octanol–water partition coefficient (Wildman–Crippen LogP) is 0.912. The van der Waals surface area contributed by atoms with Crippen molar-refractivity contribution in [1.82, 2.24) is 10.3 Å². The van der Waals surface area contributed by atoms with E-state index < -0.39 is 17.9 Å². The lowest BCUT2D eigenvalue weighted by Crippen LogP contribution is -2.45. The van der Waals surface area contributed by atoms with Crippen molar-refractivity contribution >= 4 is 11.9 Å². The van der Waals surface area contributed by atoms with Gasteiger partial charge in [-0.15, -0.1) is 0 Å². The van der Waals surface area contributed by atoms with Gasteiger partial charge in [0.05, 0.1) is 5.56 Å². The number of hydrogen-bond donors (Lipinski definition) is 3. The van der Waals surface area contributed by atoms with Crippen LogP contribution in [0.25, 0.3) is 0 Å². The predicted molar refractivity (Wildman–Crippen MR) is 70.1 cm³/mol. The molecule has 0 aliphatic rings. The molecule has 1 aromatic heterocycles. The molecule has 3 N–H and O–H groups in total. The topological polar surface area (TPSA) is 99.3 Å². The summed E-state index contributed by atoms with van der Waals surface area (Å²) in [7, 11) is 0. The highest BCUT2D eigenvalue weighted by Crippen LogP contribution is 2.10. The minimum atomic E-state index is -1.07. The maximum absolute atomic E-state index is 12.0. The van der Waals surface area contributed by atoms with E-state index in [0.717, 1.165) is 0 Å². The molecule has 6 nitrogen and oxygen atoms in total. The van der Waals surface area contributed by atoms with E-state index in [4.69, 9.17) is 5.11 Å². The zero-order chi connectivity index (χ0) is 14.6. The molecule has 6 heteroatoms. The molecule has 2 atom stereocenters. The molecule has 19 heavy (non-hydrogen) atoms. The lowest BCUT2D eigenvalue weighted by atomic mass is 9.98. The van der Waals surface area contributed by atoms with Crippen LogP contribution in [0.15, 0.2) is 17.1 Å². The highest BCUT2D eigenvalue weighted by molar-refractivity contribution is 5.97. The van der Waals surface area contributed by atoms with Gasteiger partial charge in [0.1, 0.15) is 6.04 Å². The molecule has 0 aromatic carbocycles. The van der Waals surface area contributed by atoms with E-state index in [1.165, 1.54) is 12.3 Å². The molecule has 0 aliphatic carbocycles. The van der Waals surface area contributed by atoms with Crippen molar-refractivity contribution in [2.75, 3.05) is 0 Å². The van der Waals surface area contributed by atoms with Crippen molar-refractivity contribution in [2.24, 2.45) is 5.92 Å². The first-order valence-corrected chi connectivity index (χ1v) is 6.09. The molecular formula is C13H18N2O4.